The van der Waals surface area contributed by atoms with Crippen LogP contribution in [0, 0.1) is 0 Å². The zero-order chi connectivity index (χ0) is 7.41. The third kappa shape index (κ3) is 0.866. The Kier molecular flexibility index (Phi) is 1.29. The second-order valence-corrected chi connectivity index (χ2v) is 14.3. The Bertz CT molecular complexity index is 222. The van der Waals surface area contributed by atoms with Crippen molar-refractivity contribution in [3.8, 4) is 0 Å². The van der Waals surface area contributed by atoms with E-state index in [9.17, 15) is 9.36 Å². The molecule has 0 radical (unpaired) electrons. The molecule has 56 valence electrons. The normalized spacial score (nSPS) is 48.9. The Balaban J connectivity index is 1.99. The summed E-state index contributed by atoms with van der Waals surface area (Å²) in [7, 11) is -3.12. The van der Waals surface area contributed by atoms with Gasteiger partial charge in [-0.15, -0.1) is 0 Å². The number of carbonyl (C=O) groups excluding carboxylic acids is 1. The second-order valence-electron chi connectivity index (χ2n) is 1.81. The Morgan fingerprint density at radius 1 is 1.50 bits per heavy atom. The van der Waals surface area contributed by atoms with Gasteiger partial charge in [-0.1, -0.05) is 0 Å². The van der Waals surface area contributed by atoms with Gasteiger partial charge in [0.25, 0.3) is 0 Å². The molecular formula is C2H3O6PPb. The quantitative estimate of drug-likeness (QED) is 0.490. The summed E-state index contributed by atoms with van der Waals surface area (Å²) in [6, 6.07) is 0. The third-order valence-corrected chi connectivity index (χ3v) is 20.0. The Labute approximate surface area is 63.3 Å². The first kappa shape index (κ1) is 7.17. The van der Waals surface area contributed by atoms with E-state index in [1.165, 1.54) is 6.92 Å². The molecule has 3 aliphatic heterocycles. The number of rotatable bonds is 1. The molecule has 10 heavy (non-hydrogen) atoms. The fraction of sp³-hybridized carbons (Fsp3) is 0.500. The molecule has 0 saturated carbocycles. The van der Waals surface area contributed by atoms with Crippen molar-refractivity contribution in [1.82, 2.24) is 0 Å². The van der Waals surface area contributed by atoms with Gasteiger partial charge in [0.05, 0.1) is 0 Å². The van der Waals surface area contributed by atoms with Gasteiger partial charge in [-0.2, -0.15) is 0 Å². The summed E-state index contributed by atoms with van der Waals surface area (Å²) >= 11 is -3.90. The van der Waals surface area contributed by atoms with E-state index >= 15 is 0 Å². The van der Waals surface area contributed by atoms with Crippen molar-refractivity contribution in [1.29, 1.82) is 0 Å². The summed E-state index contributed by atoms with van der Waals surface area (Å²) in [5.74, 6) is -0.521. The summed E-state index contributed by atoms with van der Waals surface area (Å²) in [6.45, 7) is 1.21. The van der Waals surface area contributed by atoms with E-state index in [-0.39, 0.29) is 0 Å². The second kappa shape index (κ2) is 1.81. The average molecular weight is 361 g/mol. The monoisotopic (exact) mass is 362 g/mol. The Hall–Kier alpha value is 0.502. The van der Waals surface area contributed by atoms with E-state index in [4.69, 9.17) is 0 Å². The number of phosphoric acid groups is 1. The van der Waals surface area contributed by atoms with Crippen molar-refractivity contribution >= 4 is 36.8 Å². The van der Waals surface area contributed by atoms with Gasteiger partial charge in [-0.25, -0.2) is 0 Å². The minimum absolute atomic E-state index is 0.521. The van der Waals surface area contributed by atoms with Gasteiger partial charge in [0, 0.05) is 0 Å². The van der Waals surface area contributed by atoms with Crippen molar-refractivity contribution in [3.05, 3.63) is 0 Å². The predicted molar refractivity (Wildman–Crippen MR) is 28.4 cm³/mol. The fourth-order valence-electron chi connectivity index (χ4n) is 0.663. The van der Waals surface area contributed by atoms with Crippen LogP contribution in [0.2, 0.25) is 0 Å². The van der Waals surface area contributed by atoms with E-state index < -0.39 is 36.8 Å². The van der Waals surface area contributed by atoms with Crippen molar-refractivity contribution in [2.75, 3.05) is 0 Å². The first-order valence-corrected chi connectivity index (χ1v) is 10.3. The molecule has 3 rings (SSSR count). The van der Waals surface area contributed by atoms with Crippen LogP contribution in [-0.4, -0.2) is 29.0 Å². The van der Waals surface area contributed by atoms with Crippen LogP contribution in [0.5, 0.6) is 0 Å². The molecule has 3 fully saturated rings. The van der Waals surface area contributed by atoms with Gasteiger partial charge in [-0.3, -0.25) is 0 Å². The fourth-order valence-corrected chi connectivity index (χ4v) is 14.4. The zero-order valence-electron chi connectivity index (χ0n) is 4.90. The molecule has 0 unspecified atom stereocenters. The summed E-state index contributed by atoms with van der Waals surface area (Å²) < 4.78 is 28.9. The van der Waals surface area contributed by atoms with E-state index in [2.05, 4.69) is 10.1 Å². The van der Waals surface area contributed by atoms with Crippen LogP contribution in [0.4, 0.5) is 0 Å². The van der Waals surface area contributed by atoms with Crippen LogP contribution in [0.1, 0.15) is 6.92 Å². The molecule has 0 amide bonds. The van der Waals surface area contributed by atoms with E-state index in [0.717, 1.165) is 0 Å². The standard InChI is InChI=1S/C2H4O2.H3O4P.Pb/c1-2(3)4;1-5(2,3)4;/h1H3,(H,3,4);(H3,1,2,3,4);/q;;+4/p-4. The summed E-state index contributed by atoms with van der Waals surface area (Å²) in [4.78, 5) is 10.3. The van der Waals surface area contributed by atoms with Crippen LogP contribution < -0.4 is 0 Å². The van der Waals surface area contributed by atoms with Crippen molar-refractivity contribution in [2.45, 2.75) is 6.92 Å². The molecule has 3 saturated heterocycles. The van der Waals surface area contributed by atoms with E-state index in [1.807, 2.05) is 0 Å². The summed E-state index contributed by atoms with van der Waals surface area (Å²) in [5, 5.41) is 0. The van der Waals surface area contributed by atoms with Crippen LogP contribution in [0.3, 0.4) is 0 Å². The molecule has 0 aromatic rings. The SMILES string of the molecule is CC(=O)[O][Pb]12[O]P(=O)([O]1)[O]2. The molecule has 0 N–H and O–H groups in total. The van der Waals surface area contributed by atoms with Gasteiger partial charge in [0.15, 0.2) is 0 Å². The first-order chi connectivity index (χ1) is 4.54. The van der Waals surface area contributed by atoms with Crippen molar-refractivity contribution < 1.29 is 19.5 Å². The molecule has 0 aromatic carbocycles. The average Bonchev–Trinajstić information content (AvgIpc) is 1.56. The molecule has 6 nitrogen and oxygen atoms in total. The van der Waals surface area contributed by atoms with Crippen LogP contribution >= 0.6 is 7.82 Å². The number of carbonyl (C=O) groups is 1. The third-order valence-electron chi connectivity index (χ3n) is 0.940. The van der Waals surface area contributed by atoms with Gasteiger partial charge in [0.1, 0.15) is 0 Å². The van der Waals surface area contributed by atoms with E-state index in [0.29, 0.717) is 0 Å². The van der Waals surface area contributed by atoms with Gasteiger partial charge < -0.3 is 0 Å². The predicted octanol–water partition coefficient (Wildman–Crippen LogP) is 0.170. The summed E-state index contributed by atoms with van der Waals surface area (Å²) in [5.41, 5.74) is 0. The van der Waals surface area contributed by atoms with E-state index in [1.54, 1.807) is 0 Å². The zero-order valence-corrected chi connectivity index (χ0v) is 9.68. The van der Waals surface area contributed by atoms with Crippen molar-refractivity contribution in [2.24, 2.45) is 0 Å². The number of hydrogen-bond donors (Lipinski definition) is 0. The number of hydrogen-bond acceptors (Lipinski definition) is 6. The minimum atomic E-state index is -3.90. The molecule has 0 aromatic heterocycles. The molecule has 8 heteroatoms. The molecule has 3 heterocycles. The van der Waals surface area contributed by atoms with Gasteiger partial charge in [-0.05, 0) is 0 Å². The molecule has 0 aliphatic carbocycles. The van der Waals surface area contributed by atoms with Crippen molar-refractivity contribution in [3.63, 3.8) is 0 Å². The van der Waals surface area contributed by atoms with Gasteiger partial charge >= 0.3 is 63.2 Å². The topological polar surface area (TPSA) is 71.1 Å². The molecule has 3 aliphatic rings. The van der Waals surface area contributed by atoms with Crippen LogP contribution in [0.25, 0.3) is 0 Å². The molecule has 2 bridgehead atoms. The molecular weight excluding hydrogens is 358 g/mol. The van der Waals surface area contributed by atoms with Crippen LogP contribution in [-0.2, 0) is 19.5 Å². The molecule has 0 atom stereocenters. The Morgan fingerprint density at radius 2 is 2.00 bits per heavy atom. The van der Waals surface area contributed by atoms with Gasteiger partial charge in [0.2, 0.25) is 0 Å². The summed E-state index contributed by atoms with van der Waals surface area (Å²) in [6.07, 6.45) is 0. The Morgan fingerprint density at radius 3 is 2.30 bits per heavy atom. The first-order valence-electron chi connectivity index (χ1n) is 2.46. The van der Waals surface area contributed by atoms with Crippen LogP contribution in [0.15, 0.2) is 0 Å². The maximum absolute atomic E-state index is 10.5. The maximum atomic E-state index is 10.5. The molecule has 0 spiro atoms.